The molecule has 1 amide bonds. The molecule has 0 spiro atoms. The van der Waals surface area contributed by atoms with Crippen molar-refractivity contribution in [3.63, 3.8) is 0 Å². The van der Waals surface area contributed by atoms with Crippen LogP contribution in [0.25, 0.3) is 0 Å². The first kappa shape index (κ1) is 16.6. The molecule has 0 atom stereocenters. The van der Waals surface area contributed by atoms with Gasteiger partial charge in [0, 0.05) is 6.54 Å². The molecule has 0 aliphatic rings. The number of sulfone groups is 1. The molecule has 2 aromatic rings. The van der Waals surface area contributed by atoms with Crippen LogP contribution in [0.2, 0.25) is 0 Å². The van der Waals surface area contributed by atoms with E-state index < -0.39 is 9.84 Å². The molecule has 0 unspecified atom stereocenters. The van der Waals surface area contributed by atoms with Crippen LogP contribution < -0.4 is 5.32 Å². The predicted molar refractivity (Wildman–Crippen MR) is 88.0 cm³/mol. The van der Waals surface area contributed by atoms with E-state index in [0.29, 0.717) is 17.0 Å². The zero-order valence-electron chi connectivity index (χ0n) is 12.3. The van der Waals surface area contributed by atoms with Gasteiger partial charge in [-0.25, -0.2) is 13.4 Å². The van der Waals surface area contributed by atoms with Crippen LogP contribution in [0, 0.1) is 6.92 Å². The lowest BCUT2D eigenvalue weighted by Gasteiger charge is -2.06. The number of carbonyl (C=O) groups is 1. The van der Waals surface area contributed by atoms with E-state index >= 15 is 0 Å². The number of hydrogen-bond donors (Lipinski definition) is 1. The van der Waals surface area contributed by atoms with Crippen molar-refractivity contribution in [2.75, 3.05) is 18.1 Å². The molecule has 1 N–H and O–H groups in total. The van der Waals surface area contributed by atoms with Crippen LogP contribution in [0.1, 0.15) is 20.9 Å². The van der Waals surface area contributed by atoms with Crippen molar-refractivity contribution >= 4 is 27.1 Å². The highest BCUT2D eigenvalue weighted by atomic mass is 32.2. The van der Waals surface area contributed by atoms with Crippen LogP contribution in [0.5, 0.6) is 0 Å². The van der Waals surface area contributed by atoms with Gasteiger partial charge in [0.05, 0.1) is 22.7 Å². The molecule has 2 rings (SSSR count). The second-order valence-corrected chi connectivity index (χ2v) is 8.07. The molecule has 1 aromatic heterocycles. The molecule has 0 radical (unpaired) electrons. The molecule has 1 heterocycles. The van der Waals surface area contributed by atoms with E-state index in [0.717, 1.165) is 5.56 Å². The Balaban J connectivity index is 1.78. The summed E-state index contributed by atoms with van der Waals surface area (Å²) in [4.78, 5) is 16.4. The quantitative estimate of drug-likeness (QED) is 0.836. The van der Waals surface area contributed by atoms with Crippen LogP contribution in [0.4, 0.5) is 0 Å². The third-order valence-electron chi connectivity index (χ3n) is 3.19. The first-order chi connectivity index (χ1) is 10.5. The fourth-order valence-electron chi connectivity index (χ4n) is 1.94. The Bertz CT molecular complexity index is 724. The van der Waals surface area contributed by atoms with Crippen LogP contribution >= 0.6 is 11.3 Å². The van der Waals surface area contributed by atoms with Crippen molar-refractivity contribution in [1.82, 2.24) is 10.3 Å². The summed E-state index contributed by atoms with van der Waals surface area (Å²) in [5.74, 6) is -0.228. The average molecular weight is 338 g/mol. The minimum Gasteiger partial charge on any atom is -0.350 e. The molecule has 5 nitrogen and oxygen atoms in total. The van der Waals surface area contributed by atoms with Gasteiger partial charge in [-0.2, -0.15) is 0 Å². The van der Waals surface area contributed by atoms with Gasteiger partial charge in [-0.3, -0.25) is 4.79 Å². The summed E-state index contributed by atoms with van der Waals surface area (Å²) in [7, 11) is -3.18. The Labute approximate surface area is 134 Å². The van der Waals surface area contributed by atoms with Gasteiger partial charge in [-0.05, 0) is 18.9 Å². The molecule has 0 bridgehead atoms. The number of thiazole rings is 1. The number of benzene rings is 1. The van der Waals surface area contributed by atoms with Gasteiger partial charge in [-0.1, -0.05) is 30.3 Å². The number of nitrogens with zero attached hydrogens (tertiary/aromatic N) is 1. The minimum absolute atomic E-state index is 0.0522. The number of amides is 1. The van der Waals surface area contributed by atoms with Crippen molar-refractivity contribution in [1.29, 1.82) is 0 Å². The van der Waals surface area contributed by atoms with Crippen molar-refractivity contribution in [2.24, 2.45) is 0 Å². The normalized spacial score (nSPS) is 11.3. The van der Waals surface area contributed by atoms with E-state index in [9.17, 15) is 13.2 Å². The van der Waals surface area contributed by atoms with Gasteiger partial charge in [-0.15, -0.1) is 11.3 Å². The second kappa shape index (κ2) is 7.51. The van der Waals surface area contributed by atoms with E-state index in [1.165, 1.54) is 11.3 Å². The molecule has 0 fully saturated rings. The summed E-state index contributed by atoms with van der Waals surface area (Å²) in [6, 6.07) is 9.49. The number of aromatic nitrogens is 1. The highest BCUT2D eigenvalue weighted by molar-refractivity contribution is 7.91. The summed E-state index contributed by atoms with van der Waals surface area (Å²) in [5.41, 5.74) is 3.26. The van der Waals surface area contributed by atoms with E-state index in [1.807, 2.05) is 30.3 Å². The fourth-order valence-corrected chi connectivity index (χ4v) is 3.82. The van der Waals surface area contributed by atoms with E-state index in [2.05, 4.69) is 10.3 Å². The van der Waals surface area contributed by atoms with Crippen LogP contribution in [0.15, 0.2) is 35.8 Å². The third-order valence-corrected chi connectivity index (χ3v) is 5.77. The number of carbonyl (C=O) groups excluding carboxylic acids is 1. The van der Waals surface area contributed by atoms with Gasteiger partial charge < -0.3 is 5.32 Å². The molecule has 22 heavy (non-hydrogen) atoms. The Kier molecular flexibility index (Phi) is 5.68. The number of hydrogen-bond acceptors (Lipinski definition) is 5. The summed E-state index contributed by atoms with van der Waals surface area (Å²) < 4.78 is 24.0. The average Bonchev–Trinajstić information content (AvgIpc) is 2.92. The first-order valence-corrected chi connectivity index (χ1v) is 9.61. The monoisotopic (exact) mass is 338 g/mol. The summed E-state index contributed by atoms with van der Waals surface area (Å²) in [6.45, 7) is 1.87. The summed E-state index contributed by atoms with van der Waals surface area (Å²) >= 11 is 1.25. The molecular formula is C15H18N2O3S2. The molecular weight excluding hydrogens is 320 g/mol. The number of nitrogens with one attached hydrogen (secondary N) is 1. The largest absolute Gasteiger partial charge is 0.350 e. The lowest BCUT2D eigenvalue weighted by Crippen LogP contribution is -2.30. The summed E-state index contributed by atoms with van der Waals surface area (Å²) in [5, 5.41) is 2.63. The standard InChI is InChI=1S/C15H18N2O3S2/c1-12-14(21-11-17-12)15(18)16-8-10-22(19,20)9-7-13-5-3-2-4-6-13/h2-6,11H,7-10H2,1H3,(H,16,18). The molecule has 118 valence electrons. The van der Waals surface area contributed by atoms with Crippen molar-refractivity contribution in [3.05, 3.63) is 52.0 Å². The second-order valence-electron chi connectivity index (χ2n) is 4.91. The Morgan fingerprint density at radius 1 is 1.23 bits per heavy atom. The van der Waals surface area contributed by atoms with Gasteiger partial charge in [0.15, 0.2) is 9.84 Å². The van der Waals surface area contributed by atoms with E-state index in [4.69, 9.17) is 0 Å². The Morgan fingerprint density at radius 3 is 2.59 bits per heavy atom. The van der Waals surface area contributed by atoms with E-state index in [1.54, 1.807) is 12.4 Å². The topological polar surface area (TPSA) is 76.1 Å². The lowest BCUT2D eigenvalue weighted by molar-refractivity contribution is 0.0959. The van der Waals surface area contributed by atoms with Gasteiger partial charge in [0.2, 0.25) is 0 Å². The lowest BCUT2D eigenvalue weighted by atomic mass is 10.2. The maximum Gasteiger partial charge on any atom is 0.263 e. The number of rotatable bonds is 7. The van der Waals surface area contributed by atoms with Gasteiger partial charge in [0.1, 0.15) is 4.88 Å². The van der Waals surface area contributed by atoms with Crippen LogP contribution in [-0.2, 0) is 16.3 Å². The van der Waals surface area contributed by atoms with Gasteiger partial charge >= 0.3 is 0 Å². The highest BCUT2D eigenvalue weighted by Gasteiger charge is 2.14. The molecule has 0 aliphatic carbocycles. The Morgan fingerprint density at radius 2 is 1.95 bits per heavy atom. The minimum atomic E-state index is -3.18. The Hall–Kier alpha value is -1.73. The van der Waals surface area contributed by atoms with Crippen molar-refractivity contribution in [2.45, 2.75) is 13.3 Å². The molecule has 1 aromatic carbocycles. The molecule has 0 aliphatic heterocycles. The molecule has 7 heteroatoms. The summed E-state index contributed by atoms with van der Waals surface area (Å²) in [6.07, 6.45) is 0.491. The number of aryl methyl sites for hydroxylation is 2. The SMILES string of the molecule is Cc1ncsc1C(=O)NCCS(=O)(=O)CCc1ccccc1. The zero-order chi connectivity index (χ0) is 16.0. The smallest absolute Gasteiger partial charge is 0.263 e. The predicted octanol–water partition coefficient (Wildman–Crippen LogP) is 1.84. The third kappa shape index (κ3) is 4.92. The maximum absolute atomic E-state index is 12.0. The first-order valence-electron chi connectivity index (χ1n) is 6.90. The van der Waals surface area contributed by atoms with Crippen molar-refractivity contribution < 1.29 is 13.2 Å². The highest BCUT2D eigenvalue weighted by Crippen LogP contribution is 2.11. The van der Waals surface area contributed by atoms with E-state index in [-0.39, 0.29) is 24.0 Å². The van der Waals surface area contributed by atoms with Gasteiger partial charge in [0.25, 0.3) is 5.91 Å². The van der Waals surface area contributed by atoms with Crippen molar-refractivity contribution in [3.8, 4) is 0 Å². The molecule has 0 saturated carbocycles. The van der Waals surface area contributed by atoms with Crippen LogP contribution in [0.3, 0.4) is 0 Å². The molecule has 0 saturated heterocycles. The maximum atomic E-state index is 12.0. The fraction of sp³-hybridized carbons (Fsp3) is 0.333. The zero-order valence-corrected chi connectivity index (χ0v) is 13.9. The van der Waals surface area contributed by atoms with Crippen LogP contribution in [-0.4, -0.2) is 37.4 Å².